The number of nitrogens with zero attached hydrogens (tertiary/aromatic N) is 1. The fourth-order valence-electron chi connectivity index (χ4n) is 2.95. The Labute approximate surface area is 116 Å². The van der Waals surface area contributed by atoms with Crippen LogP contribution in [0.3, 0.4) is 0 Å². The number of ether oxygens (including phenoxy) is 1. The Morgan fingerprint density at radius 3 is 2.63 bits per heavy atom. The normalized spacial score (nSPS) is 18.9. The maximum atomic E-state index is 10.1. The summed E-state index contributed by atoms with van der Waals surface area (Å²) in [6, 6.07) is 6.74. The third-order valence-electron chi connectivity index (χ3n) is 3.77. The summed E-state index contributed by atoms with van der Waals surface area (Å²) in [6.07, 6.45) is 0.774. The fraction of sp³-hybridized carbons (Fsp3) is 0.625. The minimum Gasteiger partial charge on any atom is -0.497 e. The van der Waals surface area contributed by atoms with Gasteiger partial charge in [-0.1, -0.05) is 0 Å². The van der Waals surface area contributed by atoms with Crippen molar-refractivity contribution < 1.29 is 9.84 Å². The van der Waals surface area contributed by atoms with Crippen molar-refractivity contribution in [1.82, 2.24) is 0 Å². The molecule has 0 aromatic heterocycles. The van der Waals surface area contributed by atoms with Gasteiger partial charge in [0.05, 0.1) is 12.7 Å². The summed E-state index contributed by atoms with van der Waals surface area (Å²) in [4.78, 5) is 2.41. The number of rotatable bonds is 4. The van der Waals surface area contributed by atoms with E-state index in [1.807, 2.05) is 19.9 Å². The van der Waals surface area contributed by atoms with E-state index in [1.165, 1.54) is 11.3 Å². The summed E-state index contributed by atoms with van der Waals surface area (Å²) in [6.45, 7) is 9.15. The summed E-state index contributed by atoms with van der Waals surface area (Å²) < 4.78 is 5.33. The van der Waals surface area contributed by atoms with Crippen LogP contribution in [0.2, 0.25) is 0 Å². The van der Waals surface area contributed by atoms with Crippen LogP contribution in [-0.2, 0) is 0 Å². The molecule has 1 aromatic rings. The van der Waals surface area contributed by atoms with Crippen molar-refractivity contribution in [3.8, 4) is 5.75 Å². The Bertz CT molecular complexity index is 449. The molecule has 1 aromatic carbocycles. The maximum Gasteiger partial charge on any atom is 0.119 e. The van der Waals surface area contributed by atoms with Gasteiger partial charge in [-0.3, -0.25) is 0 Å². The van der Waals surface area contributed by atoms with Crippen molar-refractivity contribution in [1.29, 1.82) is 0 Å². The number of hydrogen-bond donors (Lipinski definition) is 1. The van der Waals surface area contributed by atoms with Crippen LogP contribution in [0.15, 0.2) is 18.2 Å². The minimum atomic E-state index is -0.641. The van der Waals surface area contributed by atoms with Gasteiger partial charge in [0.25, 0.3) is 0 Å². The molecule has 3 heteroatoms. The number of aliphatic hydroxyl groups is 1. The van der Waals surface area contributed by atoms with E-state index in [0.717, 1.165) is 18.7 Å². The van der Waals surface area contributed by atoms with Crippen LogP contribution < -0.4 is 9.64 Å². The number of benzene rings is 1. The first-order chi connectivity index (χ1) is 8.81. The van der Waals surface area contributed by atoms with Gasteiger partial charge in [0.1, 0.15) is 5.75 Å². The molecule has 1 N–H and O–H groups in total. The van der Waals surface area contributed by atoms with Crippen molar-refractivity contribution in [2.75, 3.05) is 18.6 Å². The molecule has 0 bridgehead atoms. The van der Waals surface area contributed by atoms with Crippen LogP contribution in [0.25, 0.3) is 0 Å². The number of anilines is 1. The van der Waals surface area contributed by atoms with Gasteiger partial charge in [0.15, 0.2) is 0 Å². The van der Waals surface area contributed by atoms with Crippen LogP contribution in [0, 0.1) is 0 Å². The quantitative estimate of drug-likeness (QED) is 0.905. The van der Waals surface area contributed by atoms with Crippen LogP contribution >= 0.6 is 0 Å². The van der Waals surface area contributed by atoms with Crippen LogP contribution in [0.1, 0.15) is 45.6 Å². The molecule has 0 fully saturated rings. The van der Waals surface area contributed by atoms with Gasteiger partial charge in [0.2, 0.25) is 0 Å². The van der Waals surface area contributed by atoms with Gasteiger partial charge in [-0.05, 0) is 57.9 Å². The largest absolute Gasteiger partial charge is 0.497 e. The smallest absolute Gasteiger partial charge is 0.119 e. The third kappa shape index (κ3) is 3.03. The highest BCUT2D eigenvalue weighted by Gasteiger charge is 2.33. The molecule has 1 unspecified atom stereocenters. The minimum absolute atomic E-state index is 0.368. The van der Waals surface area contributed by atoms with Crippen molar-refractivity contribution in [2.24, 2.45) is 0 Å². The molecule has 19 heavy (non-hydrogen) atoms. The molecule has 1 atom stereocenters. The summed E-state index contributed by atoms with van der Waals surface area (Å²) in [5.41, 5.74) is 1.94. The molecule has 1 aliphatic rings. The van der Waals surface area contributed by atoms with Crippen LogP contribution in [0.4, 0.5) is 5.69 Å². The number of fused-ring (bicyclic) bond motifs is 1. The first-order valence-electron chi connectivity index (χ1n) is 6.99. The zero-order valence-corrected chi connectivity index (χ0v) is 12.6. The lowest BCUT2D eigenvalue weighted by molar-refractivity contribution is 0.0643. The Hall–Kier alpha value is -1.22. The molecular weight excluding hydrogens is 238 g/mol. The van der Waals surface area contributed by atoms with Crippen molar-refractivity contribution in [3.63, 3.8) is 0 Å². The predicted molar refractivity (Wildman–Crippen MR) is 79.1 cm³/mol. The Morgan fingerprint density at radius 2 is 2.11 bits per heavy atom. The highest BCUT2D eigenvalue weighted by molar-refractivity contribution is 5.63. The zero-order chi connectivity index (χ0) is 14.2. The second-order valence-corrected chi connectivity index (χ2v) is 6.38. The van der Waals surface area contributed by atoms with E-state index in [4.69, 9.17) is 4.74 Å². The van der Waals surface area contributed by atoms with Gasteiger partial charge in [-0.2, -0.15) is 0 Å². The van der Waals surface area contributed by atoms with Gasteiger partial charge < -0.3 is 14.7 Å². The van der Waals surface area contributed by atoms with E-state index in [0.29, 0.717) is 12.0 Å². The van der Waals surface area contributed by atoms with E-state index in [2.05, 4.69) is 30.9 Å². The van der Waals surface area contributed by atoms with E-state index in [9.17, 15) is 5.11 Å². The zero-order valence-electron chi connectivity index (χ0n) is 12.6. The third-order valence-corrected chi connectivity index (χ3v) is 3.77. The molecule has 3 nitrogen and oxygen atoms in total. The Kier molecular flexibility index (Phi) is 3.77. The van der Waals surface area contributed by atoms with Crippen molar-refractivity contribution in [3.05, 3.63) is 23.8 Å². The lowest BCUT2D eigenvalue weighted by atomic mass is 9.89. The van der Waals surface area contributed by atoms with Gasteiger partial charge in [-0.25, -0.2) is 0 Å². The molecule has 1 aliphatic heterocycles. The van der Waals surface area contributed by atoms with Gasteiger partial charge in [0, 0.05) is 24.2 Å². The Balaban J connectivity index is 2.36. The highest BCUT2D eigenvalue weighted by atomic mass is 16.5. The van der Waals surface area contributed by atoms with E-state index in [1.54, 1.807) is 7.11 Å². The molecule has 1 heterocycles. The van der Waals surface area contributed by atoms with Crippen LogP contribution in [-0.4, -0.2) is 30.4 Å². The summed E-state index contributed by atoms with van der Waals surface area (Å²) in [5.74, 6) is 1.26. The summed E-state index contributed by atoms with van der Waals surface area (Å²) >= 11 is 0. The standard InChI is InChI=1S/C16H25NO2/c1-11(2)17-10-12(9-16(3,4)18)14-8-13(19-5)6-7-15(14)17/h6-8,11-12,18H,9-10H2,1-5H3. The molecule has 0 spiro atoms. The lowest BCUT2D eigenvalue weighted by Gasteiger charge is -2.26. The second-order valence-electron chi connectivity index (χ2n) is 6.38. The molecule has 0 radical (unpaired) electrons. The lowest BCUT2D eigenvalue weighted by Crippen LogP contribution is -2.31. The number of hydrogen-bond acceptors (Lipinski definition) is 3. The van der Waals surface area contributed by atoms with Crippen molar-refractivity contribution in [2.45, 2.75) is 51.7 Å². The molecule has 0 saturated heterocycles. The SMILES string of the molecule is COc1ccc2c(c1)C(CC(C)(C)O)CN2C(C)C. The first kappa shape index (κ1) is 14.2. The molecule has 2 rings (SSSR count). The first-order valence-corrected chi connectivity index (χ1v) is 6.99. The Morgan fingerprint density at radius 1 is 1.42 bits per heavy atom. The van der Waals surface area contributed by atoms with Gasteiger partial charge in [-0.15, -0.1) is 0 Å². The highest BCUT2D eigenvalue weighted by Crippen LogP contribution is 2.42. The molecule has 0 aliphatic carbocycles. The average Bonchev–Trinajstić information content (AvgIpc) is 2.65. The summed E-state index contributed by atoms with van der Waals surface area (Å²) in [7, 11) is 1.70. The van der Waals surface area contributed by atoms with E-state index in [-0.39, 0.29) is 0 Å². The number of methoxy groups -OCH3 is 1. The van der Waals surface area contributed by atoms with Crippen molar-refractivity contribution >= 4 is 5.69 Å². The van der Waals surface area contributed by atoms with E-state index >= 15 is 0 Å². The molecule has 106 valence electrons. The monoisotopic (exact) mass is 263 g/mol. The topological polar surface area (TPSA) is 32.7 Å². The molecular formula is C16H25NO2. The predicted octanol–water partition coefficient (Wildman–Crippen LogP) is 3.17. The molecule has 0 amide bonds. The summed E-state index contributed by atoms with van der Waals surface area (Å²) in [5, 5.41) is 10.1. The maximum absolute atomic E-state index is 10.1. The van der Waals surface area contributed by atoms with Crippen LogP contribution in [0.5, 0.6) is 5.75 Å². The van der Waals surface area contributed by atoms with Gasteiger partial charge >= 0.3 is 0 Å². The fourth-order valence-corrected chi connectivity index (χ4v) is 2.95. The van der Waals surface area contributed by atoms with E-state index < -0.39 is 5.60 Å². The second kappa shape index (κ2) is 5.04. The molecule has 0 saturated carbocycles. The average molecular weight is 263 g/mol.